The Morgan fingerprint density at radius 3 is 2.36 bits per heavy atom. The molecule has 7 N–H and O–H groups in total. The summed E-state index contributed by atoms with van der Waals surface area (Å²) in [6.07, 6.45) is 11.6. The molecule has 0 aliphatic carbocycles. The van der Waals surface area contributed by atoms with E-state index in [2.05, 4.69) is 22.5 Å². The third-order valence-corrected chi connectivity index (χ3v) is 12.3. The minimum atomic E-state index is -3.89. The number of nitrogens with one attached hydrogen (secondary N) is 4. The number of carbonyl (C=O) groups is 3. The molecular weight excluding hydrogens is 723 g/mol. The molecule has 0 radical (unpaired) electrons. The highest BCUT2D eigenvalue weighted by molar-refractivity contribution is 8.01. The van der Waals surface area contributed by atoms with Crippen LogP contribution < -0.4 is 21.7 Å². The minimum absolute atomic E-state index is 0.0258. The van der Waals surface area contributed by atoms with E-state index in [4.69, 9.17) is 16.2 Å². The van der Waals surface area contributed by atoms with Crippen LogP contribution in [-0.2, 0) is 29.3 Å². The first-order chi connectivity index (χ1) is 23.5. The van der Waals surface area contributed by atoms with Gasteiger partial charge in [0, 0.05) is 42.6 Å². The monoisotopic (exact) mass is 767 g/mol. The van der Waals surface area contributed by atoms with Crippen molar-refractivity contribution >= 4 is 83.5 Å². The van der Waals surface area contributed by atoms with Crippen molar-refractivity contribution in [3.05, 3.63) is 65.1 Å². The first-order valence-corrected chi connectivity index (χ1v) is 21.4. The molecule has 2 rings (SSSR count). The topological polar surface area (TPSA) is 226 Å². The predicted octanol–water partition coefficient (Wildman–Crippen LogP) is 5.58. The number of aliphatic carboxylic acids is 1. The van der Waals surface area contributed by atoms with E-state index in [1.165, 1.54) is 30.0 Å². The second-order valence-corrected chi connectivity index (χ2v) is 17.7. The highest BCUT2D eigenvalue weighted by Gasteiger charge is 2.23. The van der Waals surface area contributed by atoms with Crippen molar-refractivity contribution in [1.82, 2.24) is 5.32 Å². The molecule has 17 heteroatoms. The lowest BCUT2D eigenvalue weighted by atomic mass is 9.96. The van der Waals surface area contributed by atoms with E-state index in [-0.39, 0.29) is 29.3 Å². The van der Waals surface area contributed by atoms with E-state index in [1.54, 1.807) is 37.5 Å². The lowest BCUT2D eigenvalue weighted by Crippen LogP contribution is -2.29. The van der Waals surface area contributed by atoms with Crippen LogP contribution >= 0.6 is 23.1 Å². The highest BCUT2D eigenvalue weighted by Crippen LogP contribution is 2.36. The van der Waals surface area contributed by atoms with Gasteiger partial charge in [-0.15, -0.1) is 23.1 Å². The average molecular weight is 768 g/mol. The number of benzene rings is 1. The van der Waals surface area contributed by atoms with Crippen LogP contribution in [0.4, 0.5) is 16.2 Å². The molecule has 0 saturated heterocycles. The van der Waals surface area contributed by atoms with Crippen molar-refractivity contribution in [1.29, 1.82) is 5.41 Å². The Labute approximate surface area is 302 Å². The summed E-state index contributed by atoms with van der Waals surface area (Å²) in [4.78, 5) is 36.9. The SMILES string of the molecule is C=C/C=C\C(=C/CS(=O)(=O)c1cc(C(=N)N)sc1SC)c1c(C)cc(NC(=O)NCCCCCC(=O)O)cc1NC(=O)CCCCS(C)(=O)=O. The number of anilines is 2. The van der Waals surface area contributed by atoms with E-state index in [1.807, 2.05) is 0 Å². The van der Waals surface area contributed by atoms with Gasteiger partial charge in [-0.1, -0.05) is 37.3 Å². The second kappa shape index (κ2) is 20.1. The summed E-state index contributed by atoms with van der Waals surface area (Å²) >= 11 is 2.36. The Hall–Kier alpha value is -3.93. The van der Waals surface area contributed by atoms with Crippen molar-refractivity contribution in [3.63, 3.8) is 0 Å². The van der Waals surface area contributed by atoms with Gasteiger partial charge in [0.2, 0.25) is 5.91 Å². The zero-order valence-electron chi connectivity index (χ0n) is 28.3. The Bertz CT molecular complexity index is 1850. The number of urea groups is 1. The number of carbonyl (C=O) groups excluding carboxylic acids is 2. The van der Waals surface area contributed by atoms with Gasteiger partial charge in [0.1, 0.15) is 15.7 Å². The molecule has 1 aromatic heterocycles. The molecule has 2 aromatic rings. The summed E-state index contributed by atoms with van der Waals surface area (Å²) in [6, 6.07) is 4.12. The molecule has 0 aliphatic heterocycles. The van der Waals surface area contributed by atoms with Gasteiger partial charge in [-0.25, -0.2) is 21.6 Å². The highest BCUT2D eigenvalue weighted by atomic mass is 32.2. The molecule has 50 heavy (non-hydrogen) atoms. The van der Waals surface area contributed by atoms with Crippen LogP contribution in [0.25, 0.3) is 5.57 Å². The van der Waals surface area contributed by atoms with Gasteiger partial charge in [-0.3, -0.25) is 15.0 Å². The fourth-order valence-corrected chi connectivity index (χ4v) is 9.30. The van der Waals surface area contributed by atoms with Crippen LogP contribution in [0.15, 0.2) is 58.2 Å². The van der Waals surface area contributed by atoms with Gasteiger partial charge in [0.05, 0.1) is 25.4 Å². The van der Waals surface area contributed by atoms with Crippen LogP contribution in [-0.4, -0.2) is 76.2 Å². The smallest absolute Gasteiger partial charge is 0.319 e. The summed E-state index contributed by atoms with van der Waals surface area (Å²) in [7, 11) is -7.08. The summed E-state index contributed by atoms with van der Waals surface area (Å²) < 4.78 is 50.7. The van der Waals surface area contributed by atoms with E-state index < -0.39 is 43.3 Å². The molecule has 0 unspecified atom stereocenters. The predicted molar refractivity (Wildman–Crippen MR) is 203 cm³/mol. The molecular formula is C33H45N5O8S4. The average Bonchev–Trinajstić information content (AvgIpc) is 3.47. The number of carboxylic acids is 1. The fraction of sp³-hybridized carbons (Fsp3) is 0.394. The minimum Gasteiger partial charge on any atom is -0.481 e. The number of thiophene rings is 1. The number of carboxylic acid groups (broad SMARTS) is 1. The summed E-state index contributed by atoms with van der Waals surface area (Å²) in [5.41, 5.74) is 7.80. The lowest BCUT2D eigenvalue weighted by molar-refractivity contribution is -0.137. The van der Waals surface area contributed by atoms with Gasteiger partial charge in [0.15, 0.2) is 9.84 Å². The van der Waals surface area contributed by atoms with Crippen LogP contribution in [0.5, 0.6) is 0 Å². The van der Waals surface area contributed by atoms with Crippen molar-refractivity contribution < 1.29 is 36.3 Å². The Kier molecular flexibility index (Phi) is 16.9. The van der Waals surface area contributed by atoms with Gasteiger partial charge < -0.3 is 26.8 Å². The second-order valence-electron chi connectivity index (χ2n) is 11.4. The van der Waals surface area contributed by atoms with Crippen molar-refractivity contribution in [2.45, 2.75) is 61.0 Å². The van der Waals surface area contributed by atoms with E-state index >= 15 is 0 Å². The molecule has 3 amide bonds. The molecule has 0 bridgehead atoms. The number of allylic oxidation sites excluding steroid dienone is 4. The molecule has 0 aliphatic rings. The number of unbranched alkanes of at least 4 members (excludes halogenated alkanes) is 3. The van der Waals surface area contributed by atoms with Crippen LogP contribution in [0.1, 0.15) is 60.9 Å². The third kappa shape index (κ3) is 14.5. The third-order valence-electron chi connectivity index (χ3n) is 7.06. The number of thioether (sulfide) groups is 1. The standard InChI is InChI=1S/C33H45N5O8S4/c1-5-6-12-23(15-18-50(45,46)27-21-26(31(34)35)48-32(27)47-3)30-22(2)19-24(37-33(42)36-16-10-7-8-14-29(40)41)20-25(30)38-28(39)13-9-11-17-49(4,43)44/h5-6,12,15,19-21H,1,7-11,13-14,16-18H2,2-4H3,(H3,34,35)(H,38,39)(H,40,41)(H2,36,37,42)/b12-6-,23-15+. The Morgan fingerprint density at radius 1 is 1.04 bits per heavy atom. The first-order valence-electron chi connectivity index (χ1n) is 15.6. The maximum absolute atomic E-state index is 13.6. The molecule has 0 fully saturated rings. The number of nitrogen functional groups attached to an aromatic ring is 1. The number of aryl methyl sites for hydroxylation is 1. The quantitative estimate of drug-likeness (QED) is 0.0304. The number of amidine groups is 1. The molecule has 13 nitrogen and oxygen atoms in total. The summed E-state index contributed by atoms with van der Waals surface area (Å²) in [6.45, 7) is 5.78. The van der Waals surface area contributed by atoms with Crippen molar-refractivity contribution in [3.8, 4) is 0 Å². The molecule has 0 spiro atoms. The number of hydrogen-bond acceptors (Lipinski definition) is 10. The van der Waals surface area contributed by atoms with Crippen LogP contribution in [0.2, 0.25) is 0 Å². The lowest BCUT2D eigenvalue weighted by Gasteiger charge is -2.18. The van der Waals surface area contributed by atoms with Crippen LogP contribution in [0, 0.1) is 12.3 Å². The zero-order valence-corrected chi connectivity index (χ0v) is 31.6. The van der Waals surface area contributed by atoms with Crippen molar-refractivity contribution in [2.75, 3.05) is 41.2 Å². The van der Waals surface area contributed by atoms with E-state index in [0.29, 0.717) is 75.8 Å². The number of amides is 3. The molecule has 1 heterocycles. The van der Waals surface area contributed by atoms with E-state index in [9.17, 15) is 31.2 Å². The molecule has 1 aromatic carbocycles. The van der Waals surface area contributed by atoms with Gasteiger partial charge in [-0.2, -0.15) is 0 Å². The molecule has 0 atom stereocenters. The van der Waals surface area contributed by atoms with Gasteiger partial charge in [0.25, 0.3) is 0 Å². The van der Waals surface area contributed by atoms with Gasteiger partial charge >= 0.3 is 12.0 Å². The van der Waals surface area contributed by atoms with Crippen molar-refractivity contribution in [2.24, 2.45) is 5.73 Å². The zero-order chi connectivity index (χ0) is 37.5. The number of sulfone groups is 2. The first kappa shape index (κ1) is 42.2. The number of rotatable bonds is 21. The maximum Gasteiger partial charge on any atom is 0.319 e. The largest absolute Gasteiger partial charge is 0.481 e. The maximum atomic E-state index is 13.6. The fourth-order valence-electron chi connectivity index (χ4n) is 4.72. The Balaban J connectivity index is 2.47. The van der Waals surface area contributed by atoms with Gasteiger partial charge in [-0.05, 0) is 68.2 Å². The molecule has 0 saturated carbocycles. The van der Waals surface area contributed by atoms with E-state index in [0.717, 1.165) is 17.6 Å². The summed E-state index contributed by atoms with van der Waals surface area (Å²) in [5, 5.41) is 24.8. The van der Waals surface area contributed by atoms with Crippen LogP contribution in [0.3, 0.4) is 0 Å². The Morgan fingerprint density at radius 2 is 1.74 bits per heavy atom. The number of hydrogen-bond donors (Lipinski definition) is 6. The summed E-state index contributed by atoms with van der Waals surface area (Å²) in [5.74, 6) is -1.98. The number of nitrogens with two attached hydrogens (primary N) is 1. The normalized spacial score (nSPS) is 12.1. The molecule has 274 valence electrons.